The van der Waals surface area contributed by atoms with Crippen LogP contribution in [0, 0.1) is 0 Å². The number of rotatable bonds is 4. The first-order valence-electron chi connectivity index (χ1n) is 5.54. The normalized spacial score (nSPS) is 11.2. The highest BCUT2D eigenvalue weighted by Gasteiger charge is 2.15. The lowest BCUT2D eigenvalue weighted by molar-refractivity contribution is 0.415. The van der Waals surface area contributed by atoms with Gasteiger partial charge in [-0.2, -0.15) is 0 Å². The summed E-state index contributed by atoms with van der Waals surface area (Å²) in [4.78, 5) is 0.0368. The molecule has 0 aromatic heterocycles. The van der Waals surface area contributed by atoms with Crippen molar-refractivity contribution in [3.8, 4) is 5.75 Å². The average molecular weight is 332 g/mol. The largest absolute Gasteiger partial charge is 0.497 e. The van der Waals surface area contributed by atoms with E-state index in [9.17, 15) is 8.42 Å². The van der Waals surface area contributed by atoms with Gasteiger partial charge in [0.15, 0.2) is 0 Å². The molecule has 0 heterocycles. The Morgan fingerprint density at radius 2 is 1.80 bits per heavy atom. The van der Waals surface area contributed by atoms with Gasteiger partial charge in [-0.05, 0) is 30.3 Å². The lowest BCUT2D eigenvalue weighted by Crippen LogP contribution is -2.12. The van der Waals surface area contributed by atoms with Crippen molar-refractivity contribution in [1.82, 2.24) is 0 Å². The highest BCUT2D eigenvalue weighted by Crippen LogP contribution is 2.26. The predicted molar refractivity (Wildman–Crippen MR) is 80.3 cm³/mol. The average Bonchev–Trinajstić information content (AvgIpc) is 2.41. The molecule has 0 saturated carbocycles. The molecule has 0 unspecified atom stereocenters. The molecule has 0 radical (unpaired) electrons. The van der Waals surface area contributed by atoms with Crippen LogP contribution in [-0.2, 0) is 10.0 Å². The van der Waals surface area contributed by atoms with E-state index in [0.29, 0.717) is 16.5 Å². The van der Waals surface area contributed by atoms with Gasteiger partial charge in [0, 0.05) is 6.07 Å². The molecule has 0 aliphatic rings. The van der Waals surface area contributed by atoms with Crippen molar-refractivity contribution in [1.29, 1.82) is 0 Å². The maximum Gasteiger partial charge on any atom is 0.261 e. The smallest absolute Gasteiger partial charge is 0.261 e. The Balaban J connectivity index is 2.32. The second-order valence-electron chi connectivity index (χ2n) is 3.91. The number of ether oxygens (including phenoxy) is 1. The fourth-order valence-corrected chi connectivity index (χ4v) is 2.98. The van der Waals surface area contributed by atoms with Crippen LogP contribution >= 0.6 is 23.2 Å². The number of hydrogen-bond acceptors (Lipinski definition) is 3. The minimum Gasteiger partial charge on any atom is -0.497 e. The molecule has 2 aromatic rings. The van der Waals surface area contributed by atoms with E-state index in [2.05, 4.69) is 4.72 Å². The molecule has 0 bridgehead atoms. The molecule has 0 spiro atoms. The van der Waals surface area contributed by atoms with E-state index in [1.54, 1.807) is 24.3 Å². The molecule has 1 N–H and O–H groups in total. The predicted octanol–water partition coefficient (Wildman–Crippen LogP) is 3.80. The van der Waals surface area contributed by atoms with Gasteiger partial charge in [-0.25, -0.2) is 8.42 Å². The van der Waals surface area contributed by atoms with Gasteiger partial charge in [-0.3, -0.25) is 4.72 Å². The van der Waals surface area contributed by atoms with Crippen molar-refractivity contribution in [3.05, 3.63) is 52.5 Å². The Kier molecular flexibility index (Phi) is 4.42. The SMILES string of the molecule is COc1cccc(NS(=O)(=O)c2ccc(Cl)c(Cl)c2)c1. The molecule has 4 nitrogen and oxygen atoms in total. The fraction of sp³-hybridized carbons (Fsp3) is 0.0769. The Hall–Kier alpha value is -1.43. The first-order valence-corrected chi connectivity index (χ1v) is 7.78. The van der Waals surface area contributed by atoms with Crippen molar-refractivity contribution >= 4 is 38.9 Å². The number of methoxy groups -OCH3 is 1. The summed E-state index contributed by atoms with van der Waals surface area (Å²) < 4.78 is 31.9. The van der Waals surface area contributed by atoms with Crippen molar-refractivity contribution < 1.29 is 13.2 Å². The van der Waals surface area contributed by atoms with Gasteiger partial charge in [-0.15, -0.1) is 0 Å². The zero-order chi connectivity index (χ0) is 14.8. The number of halogens is 2. The molecule has 20 heavy (non-hydrogen) atoms. The molecular weight excluding hydrogens is 321 g/mol. The fourth-order valence-electron chi connectivity index (χ4n) is 1.54. The molecule has 0 aliphatic carbocycles. The number of nitrogens with one attached hydrogen (secondary N) is 1. The van der Waals surface area contributed by atoms with Gasteiger partial charge in [0.1, 0.15) is 5.75 Å². The molecule has 0 aliphatic heterocycles. The third-order valence-corrected chi connectivity index (χ3v) is 4.64. The molecule has 0 saturated heterocycles. The Morgan fingerprint density at radius 1 is 1.05 bits per heavy atom. The zero-order valence-corrected chi connectivity index (χ0v) is 12.8. The summed E-state index contributed by atoms with van der Waals surface area (Å²) in [5, 5.41) is 0.479. The summed E-state index contributed by atoms with van der Waals surface area (Å²) in [6.45, 7) is 0. The highest BCUT2D eigenvalue weighted by atomic mass is 35.5. The maximum absolute atomic E-state index is 12.2. The van der Waals surface area contributed by atoms with Crippen LogP contribution in [0.4, 0.5) is 5.69 Å². The lowest BCUT2D eigenvalue weighted by Gasteiger charge is -2.09. The van der Waals surface area contributed by atoms with Crippen LogP contribution in [0.2, 0.25) is 10.0 Å². The molecule has 2 rings (SSSR count). The Morgan fingerprint density at radius 3 is 2.45 bits per heavy atom. The molecular formula is C13H11Cl2NO3S. The van der Waals surface area contributed by atoms with Crippen LogP contribution < -0.4 is 9.46 Å². The molecule has 7 heteroatoms. The second-order valence-corrected chi connectivity index (χ2v) is 6.41. The van der Waals surface area contributed by atoms with Gasteiger partial charge in [0.25, 0.3) is 10.0 Å². The summed E-state index contributed by atoms with van der Waals surface area (Å²) in [5.41, 5.74) is 0.399. The summed E-state index contributed by atoms with van der Waals surface area (Å²) in [7, 11) is -2.22. The molecule has 0 fully saturated rings. The Labute approximate surface area is 127 Å². The van der Waals surface area contributed by atoms with E-state index in [-0.39, 0.29) is 9.92 Å². The molecule has 2 aromatic carbocycles. The van der Waals surface area contributed by atoms with E-state index in [0.717, 1.165) is 0 Å². The number of benzene rings is 2. The molecule has 0 atom stereocenters. The molecule has 0 amide bonds. The summed E-state index contributed by atoms with van der Waals surface area (Å²) in [6, 6.07) is 10.7. The maximum atomic E-state index is 12.2. The third kappa shape index (κ3) is 3.36. The summed E-state index contributed by atoms with van der Waals surface area (Å²) >= 11 is 11.6. The summed E-state index contributed by atoms with van der Waals surface area (Å²) in [6.07, 6.45) is 0. The van der Waals surface area contributed by atoms with E-state index >= 15 is 0 Å². The van der Waals surface area contributed by atoms with E-state index in [4.69, 9.17) is 27.9 Å². The van der Waals surface area contributed by atoms with Crippen molar-refractivity contribution in [2.75, 3.05) is 11.8 Å². The lowest BCUT2D eigenvalue weighted by atomic mass is 10.3. The van der Waals surface area contributed by atoms with E-state index in [1.165, 1.54) is 25.3 Å². The van der Waals surface area contributed by atoms with Crippen LogP contribution in [0.3, 0.4) is 0 Å². The third-order valence-electron chi connectivity index (χ3n) is 2.52. The van der Waals surface area contributed by atoms with Crippen molar-refractivity contribution in [2.45, 2.75) is 4.90 Å². The minimum atomic E-state index is -3.73. The first-order chi connectivity index (χ1) is 9.42. The van der Waals surface area contributed by atoms with Gasteiger partial charge >= 0.3 is 0 Å². The Bertz CT molecular complexity index is 732. The van der Waals surface area contributed by atoms with Crippen LogP contribution in [0.1, 0.15) is 0 Å². The van der Waals surface area contributed by atoms with Crippen LogP contribution in [0.5, 0.6) is 5.75 Å². The minimum absolute atomic E-state index is 0.0368. The van der Waals surface area contributed by atoms with E-state index in [1.807, 2.05) is 0 Å². The van der Waals surface area contributed by atoms with Crippen LogP contribution in [-0.4, -0.2) is 15.5 Å². The van der Waals surface area contributed by atoms with Crippen LogP contribution in [0.25, 0.3) is 0 Å². The quantitative estimate of drug-likeness (QED) is 0.926. The van der Waals surface area contributed by atoms with Gasteiger partial charge in [0.2, 0.25) is 0 Å². The standard InChI is InChI=1S/C13H11Cl2NO3S/c1-19-10-4-2-3-9(7-10)16-20(17,18)11-5-6-12(14)13(15)8-11/h2-8,16H,1H3. The van der Waals surface area contributed by atoms with E-state index < -0.39 is 10.0 Å². The van der Waals surface area contributed by atoms with Crippen LogP contribution in [0.15, 0.2) is 47.4 Å². The highest BCUT2D eigenvalue weighted by molar-refractivity contribution is 7.92. The first kappa shape index (κ1) is 15.0. The zero-order valence-electron chi connectivity index (χ0n) is 10.4. The van der Waals surface area contributed by atoms with Crippen molar-refractivity contribution in [3.63, 3.8) is 0 Å². The van der Waals surface area contributed by atoms with Gasteiger partial charge in [0.05, 0.1) is 27.7 Å². The number of anilines is 1. The van der Waals surface area contributed by atoms with Crippen molar-refractivity contribution in [2.24, 2.45) is 0 Å². The summed E-state index contributed by atoms with van der Waals surface area (Å²) in [5.74, 6) is 0.555. The van der Waals surface area contributed by atoms with Gasteiger partial charge in [-0.1, -0.05) is 29.3 Å². The topological polar surface area (TPSA) is 55.4 Å². The van der Waals surface area contributed by atoms with Gasteiger partial charge < -0.3 is 4.74 Å². The number of hydrogen-bond donors (Lipinski definition) is 1. The molecule has 106 valence electrons. The second kappa shape index (κ2) is 5.91. The number of sulfonamides is 1. The monoisotopic (exact) mass is 331 g/mol.